The minimum absolute atomic E-state index is 0.122. The van der Waals surface area contributed by atoms with Crippen molar-refractivity contribution in [3.05, 3.63) is 53.1 Å². The highest BCUT2D eigenvalue weighted by molar-refractivity contribution is 6.01. The molecule has 1 saturated carbocycles. The number of rotatable bonds is 5. The lowest BCUT2D eigenvalue weighted by atomic mass is 9.96. The molecular weight excluding hydrogens is 377 g/mol. The predicted molar refractivity (Wildman–Crippen MR) is 101 cm³/mol. The minimum Gasteiger partial charge on any atom is -0.350 e. The van der Waals surface area contributed by atoms with Gasteiger partial charge in [0.15, 0.2) is 5.69 Å². The number of likely N-dealkylation sites (N-methyl/N-ethyl adjacent to an activating group) is 1. The molecule has 152 valence electrons. The van der Waals surface area contributed by atoms with Gasteiger partial charge < -0.3 is 15.5 Å². The van der Waals surface area contributed by atoms with Gasteiger partial charge in [-0.15, -0.1) is 0 Å². The molecule has 0 bridgehead atoms. The van der Waals surface area contributed by atoms with Crippen LogP contribution >= 0.6 is 0 Å². The third-order valence-corrected chi connectivity index (χ3v) is 5.50. The monoisotopic (exact) mass is 399 g/mol. The van der Waals surface area contributed by atoms with E-state index in [1.54, 1.807) is 26.1 Å². The molecule has 0 spiro atoms. The zero-order valence-corrected chi connectivity index (χ0v) is 16.2. The van der Waals surface area contributed by atoms with E-state index < -0.39 is 5.54 Å². The third kappa shape index (κ3) is 3.59. The number of nitrogens with one attached hydrogen (secondary N) is 2. The van der Waals surface area contributed by atoms with Crippen molar-refractivity contribution in [1.29, 1.82) is 0 Å². The van der Waals surface area contributed by atoms with Crippen molar-refractivity contribution in [3.63, 3.8) is 0 Å². The molecule has 1 fully saturated rings. The van der Waals surface area contributed by atoms with Crippen LogP contribution in [0.1, 0.15) is 46.3 Å². The van der Waals surface area contributed by atoms with Crippen molar-refractivity contribution >= 4 is 17.7 Å². The van der Waals surface area contributed by atoms with E-state index in [1.165, 1.54) is 27.8 Å². The summed E-state index contributed by atoms with van der Waals surface area (Å²) in [6.45, 7) is 1.98. The molecule has 1 unspecified atom stereocenters. The van der Waals surface area contributed by atoms with E-state index in [9.17, 15) is 18.8 Å². The summed E-state index contributed by atoms with van der Waals surface area (Å²) in [5.41, 5.74) is 0.00854. The number of hydrogen-bond donors (Lipinski definition) is 2. The summed E-state index contributed by atoms with van der Waals surface area (Å²) in [6.07, 6.45) is 1.90. The second-order valence-electron chi connectivity index (χ2n) is 7.77. The van der Waals surface area contributed by atoms with E-state index in [0.717, 1.165) is 18.4 Å². The number of benzene rings is 1. The van der Waals surface area contributed by atoms with Crippen LogP contribution < -0.4 is 10.6 Å². The van der Waals surface area contributed by atoms with Crippen LogP contribution in [0, 0.1) is 5.82 Å². The number of nitrogens with zero attached hydrogens (tertiary/aromatic N) is 3. The van der Waals surface area contributed by atoms with Crippen LogP contribution in [0.3, 0.4) is 0 Å². The lowest BCUT2D eigenvalue weighted by Gasteiger charge is -2.40. The molecule has 0 radical (unpaired) electrons. The van der Waals surface area contributed by atoms with Crippen LogP contribution in [0.2, 0.25) is 0 Å². The van der Waals surface area contributed by atoms with Gasteiger partial charge in [-0.2, -0.15) is 5.10 Å². The van der Waals surface area contributed by atoms with Gasteiger partial charge in [-0.3, -0.25) is 19.1 Å². The first kappa shape index (κ1) is 19.1. The predicted octanol–water partition coefficient (Wildman–Crippen LogP) is 1.08. The standard InChI is InChI=1S/C20H22FN5O3/c1-20(19(29)22-10-12-3-5-13(21)6-4-12)11-26-16(18(28)25(20)2)9-15(24-26)17(27)23-14-7-8-14/h3-6,9,14H,7-8,10-11H2,1-2H3,(H,22,29)(H,23,27). The normalized spacial score (nSPS) is 20.9. The van der Waals surface area contributed by atoms with Crippen molar-refractivity contribution in [3.8, 4) is 0 Å². The highest BCUT2D eigenvalue weighted by Crippen LogP contribution is 2.26. The number of amides is 3. The summed E-state index contributed by atoms with van der Waals surface area (Å²) in [4.78, 5) is 39.4. The van der Waals surface area contributed by atoms with Crippen LogP contribution in [-0.4, -0.2) is 51.0 Å². The summed E-state index contributed by atoms with van der Waals surface area (Å²) >= 11 is 0. The van der Waals surface area contributed by atoms with Gasteiger partial charge in [-0.1, -0.05) is 12.1 Å². The first-order valence-corrected chi connectivity index (χ1v) is 9.47. The number of fused-ring (bicyclic) bond motifs is 1. The Morgan fingerprint density at radius 3 is 2.62 bits per heavy atom. The fourth-order valence-corrected chi connectivity index (χ4v) is 3.30. The van der Waals surface area contributed by atoms with E-state index >= 15 is 0 Å². The summed E-state index contributed by atoms with van der Waals surface area (Å²) in [7, 11) is 1.56. The first-order valence-electron chi connectivity index (χ1n) is 9.47. The third-order valence-electron chi connectivity index (χ3n) is 5.50. The maximum Gasteiger partial charge on any atom is 0.272 e. The summed E-state index contributed by atoms with van der Waals surface area (Å²) in [5.74, 6) is -1.40. The molecule has 8 nitrogen and oxygen atoms in total. The largest absolute Gasteiger partial charge is 0.350 e. The second-order valence-corrected chi connectivity index (χ2v) is 7.77. The Balaban J connectivity index is 1.51. The van der Waals surface area contributed by atoms with Crippen LogP contribution in [0.5, 0.6) is 0 Å². The smallest absolute Gasteiger partial charge is 0.272 e. The van der Waals surface area contributed by atoms with E-state index in [4.69, 9.17) is 0 Å². The van der Waals surface area contributed by atoms with Crippen LogP contribution in [0.15, 0.2) is 30.3 Å². The van der Waals surface area contributed by atoms with Gasteiger partial charge in [0, 0.05) is 25.7 Å². The highest BCUT2D eigenvalue weighted by atomic mass is 19.1. The summed E-state index contributed by atoms with van der Waals surface area (Å²) < 4.78 is 14.5. The minimum atomic E-state index is -1.18. The lowest BCUT2D eigenvalue weighted by molar-refractivity contribution is -0.132. The van der Waals surface area contributed by atoms with Gasteiger partial charge in [0.25, 0.3) is 11.8 Å². The van der Waals surface area contributed by atoms with Crippen molar-refractivity contribution in [1.82, 2.24) is 25.3 Å². The van der Waals surface area contributed by atoms with Gasteiger partial charge in [-0.05, 0) is 37.5 Å². The van der Waals surface area contributed by atoms with E-state index in [1.807, 2.05) is 0 Å². The second kappa shape index (κ2) is 6.98. The lowest BCUT2D eigenvalue weighted by Crippen LogP contribution is -2.62. The highest BCUT2D eigenvalue weighted by Gasteiger charge is 2.46. The molecule has 0 saturated heterocycles. The van der Waals surface area contributed by atoms with Gasteiger partial charge in [0.1, 0.15) is 17.1 Å². The van der Waals surface area contributed by atoms with E-state index in [0.29, 0.717) is 0 Å². The molecule has 2 aromatic rings. The van der Waals surface area contributed by atoms with Crippen molar-refractivity contribution in [2.45, 2.75) is 44.4 Å². The molecule has 3 amide bonds. The number of carbonyl (C=O) groups excluding carboxylic acids is 3. The van der Waals surface area contributed by atoms with Crippen molar-refractivity contribution < 1.29 is 18.8 Å². The van der Waals surface area contributed by atoms with Gasteiger partial charge in [0.05, 0.1) is 6.54 Å². The molecule has 2 N–H and O–H groups in total. The summed E-state index contributed by atoms with van der Waals surface area (Å²) in [6, 6.07) is 7.47. The molecule has 1 aromatic heterocycles. The number of aromatic nitrogens is 2. The fraction of sp³-hybridized carbons (Fsp3) is 0.400. The SMILES string of the molecule is CN1C(=O)c2cc(C(=O)NC3CC3)nn2CC1(C)C(=O)NCc1ccc(F)cc1. The first-order chi connectivity index (χ1) is 13.8. The van der Waals surface area contributed by atoms with Gasteiger partial charge in [-0.25, -0.2) is 4.39 Å². The maximum absolute atomic E-state index is 13.0. The van der Waals surface area contributed by atoms with Crippen LogP contribution in [0.25, 0.3) is 0 Å². The Kier molecular flexibility index (Phi) is 4.60. The molecule has 1 atom stereocenters. The Morgan fingerprint density at radius 2 is 1.97 bits per heavy atom. The number of hydrogen-bond acceptors (Lipinski definition) is 4. The van der Waals surface area contributed by atoms with Gasteiger partial charge >= 0.3 is 0 Å². The molecule has 1 aliphatic carbocycles. The molecule has 9 heteroatoms. The average Bonchev–Trinajstić information content (AvgIpc) is 3.41. The molecule has 29 heavy (non-hydrogen) atoms. The average molecular weight is 399 g/mol. The number of carbonyl (C=O) groups is 3. The Morgan fingerprint density at radius 1 is 1.28 bits per heavy atom. The molecule has 2 heterocycles. The van der Waals surface area contributed by atoms with E-state index in [2.05, 4.69) is 15.7 Å². The zero-order chi connectivity index (χ0) is 20.8. The summed E-state index contributed by atoms with van der Waals surface area (Å²) in [5, 5.41) is 9.90. The Labute approximate surface area is 167 Å². The topological polar surface area (TPSA) is 96.3 Å². The number of halogens is 1. The molecule has 1 aliphatic heterocycles. The van der Waals surface area contributed by atoms with Crippen LogP contribution in [-0.2, 0) is 17.9 Å². The van der Waals surface area contributed by atoms with Crippen molar-refractivity contribution in [2.75, 3.05) is 7.05 Å². The van der Waals surface area contributed by atoms with Gasteiger partial charge in [0.2, 0.25) is 5.91 Å². The maximum atomic E-state index is 13.0. The molecule has 1 aromatic carbocycles. The Bertz CT molecular complexity index is 983. The Hall–Kier alpha value is -3.23. The fourth-order valence-electron chi connectivity index (χ4n) is 3.30. The van der Waals surface area contributed by atoms with Crippen LogP contribution in [0.4, 0.5) is 4.39 Å². The quantitative estimate of drug-likeness (QED) is 0.786. The molecule has 2 aliphatic rings. The van der Waals surface area contributed by atoms with E-state index in [-0.39, 0.29) is 54.1 Å². The molecular formula is C20H22FN5O3. The zero-order valence-electron chi connectivity index (χ0n) is 16.2. The van der Waals surface area contributed by atoms with Crippen molar-refractivity contribution in [2.24, 2.45) is 0 Å². The molecule has 4 rings (SSSR count).